The molecule has 2 heterocycles. The van der Waals surface area contributed by atoms with Gasteiger partial charge in [0.05, 0.1) is 22.1 Å². The number of nitrogens with zero attached hydrogens (tertiary/aromatic N) is 2. The summed E-state index contributed by atoms with van der Waals surface area (Å²) in [6.07, 6.45) is 0. The van der Waals surface area contributed by atoms with E-state index >= 15 is 0 Å². The molecule has 0 aliphatic heterocycles. The van der Waals surface area contributed by atoms with Gasteiger partial charge in [-0.15, -0.1) is 0 Å². The molecule has 0 spiro atoms. The van der Waals surface area contributed by atoms with E-state index in [1.54, 1.807) is 0 Å². The molecule has 9 aromatic carbocycles. The number of aromatic nitrogens is 2. The summed E-state index contributed by atoms with van der Waals surface area (Å²) in [6.45, 7) is 0. The van der Waals surface area contributed by atoms with Crippen LogP contribution in [0.2, 0.25) is 0 Å². The molecule has 0 fully saturated rings. The second-order valence-electron chi connectivity index (χ2n) is 14.7. The Hall–Kier alpha value is -6.94. The predicted octanol–water partition coefficient (Wildman–Crippen LogP) is 15.3. The number of fused-ring (bicyclic) bond motifs is 6. The summed E-state index contributed by atoms with van der Waals surface area (Å²) >= 11 is 3.69. The predicted molar refractivity (Wildman–Crippen MR) is 245 cm³/mol. The summed E-state index contributed by atoms with van der Waals surface area (Å²) in [4.78, 5) is 0. The summed E-state index contributed by atoms with van der Waals surface area (Å²) in [7, 11) is 0. The van der Waals surface area contributed by atoms with E-state index < -0.39 is 0 Å². The van der Waals surface area contributed by atoms with Gasteiger partial charge in [0, 0.05) is 37.4 Å². The van der Waals surface area contributed by atoms with Crippen molar-refractivity contribution in [3.05, 3.63) is 217 Å². The van der Waals surface area contributed by atoms with Gasteiger partial charge in [0.25, 0.3) is 0 Å². The highest BCUT2D eigenvalue weighted by Gasteiger charge is 2.17. The molecule has 2 aromatic heterocycles. The largest absolute Gasteiger partial charge is 0.309 e. The van der Waals surface area contributed by atoms with E-state index in [1.165, 1.54) is 88.1 Å². The lowest BCUT2D eigenvalue weighted by atomic mass is 9.91. The van der Waals surface area contributed by atoms with Crippen molar-refractivity contribution >= 4 is 59.5 Å². The Morgan fingerprint density at radius 3 is 1.11 bits per heavy atom. The van der Waals surface area contributed by atoms with Crippen molar-refractivity contribution in [1.82, 2.24) is 9.13 Å². The molecule has 2 nitrogen and oxygen atoms in total. The second kappa shape index (κ2) is 13.7. The zero-order valence-electron chi connectivity index (χ0n) is 31.0. The van der Waals surface area contributed by atoms with Crippen LogP contribution in [0.25, 0.3) is 99.5 Å². The first-order valence-electron chi connectivity index (χ1n) is 19.4. The number of halogens is 1. The van der Waals surface area contributed by atoms with Crippen molar-refractivity contribution in [2.75, 3.05) is 0 Å². The highest BCUT2D eigenvalue weighted by atomic mass is 79.9. The van der Waals surface area contributed by atoms with Crippen LogP contribution < -0.4 is 0 Å². The number of rotatable bonds is 6. The molecule has 11 aromatic rings. The summed E-state index contributed by atoms with van der Waals surface area (Å²) in [6, 6.07) is 77.4. The number of para-hydroxylation sites is 4. The topological polar surface area (TPSA) is 9.86 Å². The van der Waals surface area contributed by atoms with E-state index in [2.05, 4.69) is 237 Å². The molecule has 0 bridgehead atoms. The van der Waals surface area contributed by atoms with Crippen molar-refractivity contribution < 1.29 is 0 Å². The van der Waals surface area contributed by atoms with Crippen molar-refractivity contribution in [3.63, 3.8) is 0 Å². The third kappa shape index (κ3) is 5.78. The van der Waals surface area contributed by atoms with Gasteiger partial charge in [-0.3, -0.25) is 0 Å². The van der Waals surface area contributed by atoms with Gasteiger partial charge in [0.15, 0.2) is 0 Å². The van der Waals surface area contributed by atoms with Crippen molar-refractivity contribution in [2.45, 2.75) is 0 Å². The van der Waals surface area contributed by atoms with Gasteiger partial charge in [-0.25, -0.2) is 0 Å². The van der Waals surface area contributed by atoms with E-state index in [1.807, 2.05) is 0 Å². The lowest BCUT2D eigenvalue weighted by Crippen LogP contribution is -1.94. The van der Waals surface area contributed by atoms with Gasteiger partial charge in [0.2, 0.25) is 0 Å². The third-order valence-corrected chi connectivity index (χ3v) is 11.8. The number of hydrogen-bond donors (Lipinski definition) is 0. The smallest absolute Gasteiger partial charge is 0.0547 e. The molecule has 0 N–H and O–H groups in total. The molecule has 0 atom stereocenters. The minimum atomic E-state index is 1.07. The molecule has 0 aliphatic rings. The van der Waals surface area contributed by atoms with Crippen LogP contribution in [0, 0.1) is 0 Å². The standard InChI is InChI=1S/C54H35BrN2/c55-44-16-12-15-38(33-44)36-13-11-14-37(29-36)41-30-42(39-25-27-49-47-21-7-9-23-51(47)56(53(49)34-39)45-17-3-1-4-18-45)32-43(31-41)40-26-28-50-48-22-8-10-24-52(48)57(54(50)35-40)46-19-5-2-6-20-46/h1-35H. The molecule has 3 heteroatoms. The Morgan fingerprint density at radius 2 is 0.614 bits per heavy atom. The quantitative estimate of drug-likeness (QED) is 0.159. The molecule has 11 rings (SSSR count). The molecule has 0 radical (unpaired) electrons. The molecule has 0 aliphatic carbocycles. The average molecular weight is 792 g/mol. The van der Waals surface area contributed by atoms with Crippen LogP contribution in [0.3, 0.4) is 0 Å². The molecule has 0 amide bonds. The Balaban J connectivity index is 1.15. The Kier molecular flexibility index (Phi) is 8.01. The fourth-order valence-electron chi connectivity index (χ4n) is 8.68. The summed E-state index contributed by atoms with van der Waals surface area (Å²) in [5.41, 5.74) is 16.5. The maximum atomic E-state index is 3.69. The Labute approximate surface area is 339 Å². The van der Waals surface area contributed by atoms with Gasteiger partial charge in [0.1, 0.15) is 0 Å². The molecule has 0 saturated heterocycles. The maximum Gasteiger partial charge on any atom is 0.0547 e. The maximum absolute atomic E-state index is 3.69. The molecule has 0 unspecified atom stereocenters. The highest BCUT2D eigenvalue weighted by molar-refractivity contribution is 9.10. The number of benzene rings is 9. The van der Waals surface area contributed by atoms with Crippen LogP contribution in [0.5, 0.6) is 0 Å². The lowest BCUT2D eigenvalue weighted by molar-refractivity contribution is 1.18. The monoisotopic (exact) mass is 790 g/mol. The fraction of sp³-hybridized carbons (Fsp3) is 0. The first-order valence-corrected chi connectivity index (χ1v) is 20.2. The zero-order valence-corrected chi connectivity index (χ0v) is 32.6. The van der Waals surface area contributed by atoms with Crippen LogP contribution in [0.1, 0.15) is 0 Å². The summed E-state index contributed by atoms with van der Waals surface area (Å²) in [5.74, 6) is 0. The van der Waals surface area contributed by atoms with Crippen LogP contribution in [-0.2, 0) is 0 Å². The normalized spacial score (nSPS) is 11.6. The molecule has 0 saturated carbocycles. The molecular weight excluding hydrogens is 757 g/mol. The van der Waals surface area contributed by atoms with Gasteiger partial charge < -0.3 is 9.13 Å². The van der Waals surface area contributed by atoms with Gasteiger partial charge in [-0.1, -0.05) is 143 Å². The van der Waals surface area contributed by atoms with E-state index in [0.717, 1.165) is 15.8 Å². The van der Waals surface area contributed by atoms with Crippen molar-refractivity contribution in [1.29, 1.82) is 0 Å². The van der Waals surface area contributed by atoms with Crippen LogP contribution in [0.4, 0.5) is 0 Å². The average Bonchev–Trinajstić information content (AvgIpc) is 3.79. The number of hydrogen-bond acceptors (Lipinski definition) is 0. The van der Waals surface area contributed by atoms with E-state index in [0.29, 0.717) is 0 Å². The van der Waals surface area contributed by atoms with Gasteiger partial charge >= 0.3 is 0 Å². The fourth-order valence-corrected chi connectivity index (χ4v) is 9.08. The van der Waals surface area contributed by atoms with Gasteiger partial charge in [-0.2, -0.15) is 0 Å². The summed E-state index contributed by atoms with van der Waals surface area (Å²) < 4.78 is 5.87. The summed E-state index contributed by atoms with van der Waals surface area (Å²) in [5, 5.41) is 5.00. The zero-order chi connectivity index (χ0) is 37.9. The van der Waals surface area contributed by atoms with E-state index in [4.69, 9.17) is 0 Å². The highest BCUT2D eigenvalue weighted by Crippen LogP contribution is 2.40. The first-order chi connectivity index (χ1) is 28.2. The minimum Gasteiger partial charge on any atom is -0.309 e. The Bertz CT molecular complexity index is 3120. The molecular formula is C54H35BrN2. The molecule has 268 valence electrons. The first kappa shape index (κ1) is 33.4. The third-order valence-electron chi connectivity index (χ3n) is 11.3. The van der Waals surface area contributed by atoms with Crippen molar-refractivity contribution in [2.24, 2.45) is 0 Å². The van der Waals surface area contributed by atoms with Crippen LogP contribution in [0.15, 0.2) is 217 Å². The molecule has 57 heavy (non-hydrogen) atoms. The van der Waals surface area contributed by atoms with Gasteiger partial charge in [-0.05, 0) is 129 Å². The van der Waals surface area contributed by atoms with Crippen molar-refractivity contribution in [3.8, 4) is 55.9 Å². The van der Waals surface area contributed by atoms with E-state index in [9.17, 15) is 0 Å². The second-order valence-corrected chi connectivity index (χ2v) is 15.6. The van der Waals surface area contributed by atoms with E-state index in [-0.39, 0.29) is 0 Å². The SMILES string of the molecule is Brc1cccc(-c2cccc(-c3cc(-c4ccc5c6ccccc6n(-c6ccccc6)c5c4)cc(-c4ccc5c6ccccc6n(-c6ccccc6)c5c4)c3)c2)c1. The van der Waals surface area contributed by atoms with Crippen LogP contribution >= 0.6 is 15.9 Å². The lowest BCUT2D eigenvalue weighted by Gasteiger charge is -2.14. The van der Waals surface area contributed by atoms with Crippen LogP contribution in [-0.4, -0.2) is 9.13 Å². The minimum absolute atomic E-state index is 1.07. The Morgan fingerprint density at radius 1 is 0.246 bits per heavy atom.